The van der Waals surface area contributed by atoms with Crippen molar-refractivity contribution in [3.05, 3.63) is 0 Å². The third kappa shape index (κ3) is 11.4. The fraction of sp³-hybridized carbons (Fsp3) is 1.00. The molecule has 4 heteroatoms. The number of hydrogen-bond donors (Lipinski definition) is 0. The van der Waals surface area contributed by atoms with Gasteiger partial charge in [0.05, 0.1) is 6.61 Å². The monoisotopic (exact) mass is 204 g/mol. The predicted octanol–water partition coefficient (Wildman–Crippen LogP) is 2.79. The van der Waals surface area contributed by atoms with Crippen LogP contribution >= 0.6 is 8.69 Å². The van der Waals surface area contributed by atoms with Crippen molar-refractivity contribution in [2.45, 2.75) is 32.6 Å². The number of hydrogen-bond acceptors (Lipinski definition) is 2. The van der Waals surface area contributed by atoms with E-state index in [-0.39, 0.29) is 25.8 Å². The third-order valence-electron chi connectivity index (χ3n) is 1.14. The SMILES string of the molecule is CCCCCCOP=O.[Fe]. The van der Waals surface area contributed by atoms with Gasteiger partial charge in [0.15, 0.2) is 0 Å². The second kappa shape index (κ2) is 12.3. The Labute approximate surface area is 74.5 Å². The zero-order valence-corrected chi connectivity index (χ0v) is 8.15. The van der Waals surface area contributed by atoms with E-state index >= 15 is 0 Å². The second-order valence-corrected chi connectivity index (χ2v) is 2.38. The molecule has 62 valence electrons. The third-order valence-corrected chi connectivity index (χ3v) is 1.43. The molecule has 2 nitrogen and oxygen atoms in total. The molecule has 0 saturated heterocycles. The molecular formula is C6H13FeO2P. The van der Waals surface area contributed by atoms with E-state index in [1.807, 2.05) is 0 Å². The summed E-state index contributed by atoms with van der Waals surface area (Å²) in [6.07, 6.45) is 4.70. The van der Waals surface area contributed by atoms with Crippen molar-refractivity contribution >= 4 is 8.69 Å². The molecule has 0 aliphatic carbocycles. The van der Waals surface area contributed by atoms with Gasteiger partial charge in [-0.1, -0.05) is 26.2 Å². The maximum Gasteiger partial charge on any atom is 0.327 e. The molecule has 0 aliphatic heterocycles. The molecule has 0 atom stereocenters. The van der Waals surface area contributed by atoms with Gasteiger partial charge in [0.25, 0.3) is 0 Å². The summed E-state index contributed by atoms with van der Waals surface area (Å²) in [6, 6.07) is 0. The average molecular weight is 204 g/mol. The molecule has 0 amide bonds. The van der Waals surface area contributed by atoms with Crippen LogP contribution in [-0.2, 0) is 26.2 Å². The average Bonchev–Trinajstić information content (AvgIpc) is 1.89. The maximum atomic E-state index is 9.71. The minimum atomic E-state index is -0.185. The largest absolute Gasteiger partial charge is 0.327 e. The summed E-state index contributed by atoms with van der Waals surface area (Å²) >= 11 is 0. The predicted molar refractivity (Wildman–Crippen MR) is 37.7 cm³/mol. The van der Waals surface area contributed by atoms with E-state index in [2.05, 4.69) is 11.4 Å². The summed E-state index contributed by atoms with van der Waals surface area (Å²) in [7, 11) is -0.185. The summed E-state index contributed by atoms with van der Waals surface area (Å²) in [6.45, 7) is 2.79. The molecule has 0 N–H and O–H groups in total. The van der Waals surface area contributed by atoms with E-state index in [1.165, 1.54) is 19.3 Å². The van der Waals surface area contributed by atoms with Gasteiger partial charge in [-0.05, 0) is 6.42 Å². The normalized spacial score (nSPS) is 9.30. The Morgan fingerprint density at radius 2 is 2.00 bits per heavy atom. The van der Waals surface area contributed by atoms with Crippen molar-refractivity contribution in [2.75, 3.05) is 6.61 Å². The Morgan fingerprint density at radius 1 is 1.30 bits per heavy atom. The topological polar surface area (TPSA) is 26.3 Å². The van der Waals surface area contributed by atoms with Gasteiger partial charge in [0.2, 0.25) is 0 Å². The Hall–Kier alpha value is 0.579. The number of rotatable bonds is 6. The summed E-state index contributed by atoms with van der Waals surface area (Å²) in [5.74, 6) is 0. The van der Waals surface area contributed by atoms with Crippen molar-refractivity contribution in [2.24, 2.45) is 0 Å². The first-order valence-electron chi connectivity index (χ1n) is 3.36. The summed E-state index contributed by atoms with van der Waals surface area (Å²) in [4.78, 5) is 0. The van der Waals surface area contributed by atoms with Crippen LogP contribution in [0.5, 0.6) is 0 Å². The molecule has 0 aromatic heterocycles. The van der Waals surface area contributed by atoms with Crippen molar-refractivity contribution < 1.29 is 26.2 Å². The molecular weight excluding hydrogens is 191 g/mol. The van der Waals surface area contributed by atoms with Crippen LogP contribution in [0, 0.1) is 0 Å². The van der Waals surface area contributed by atoms with Gasteiger partial charge in [-0.2, -0.15) is 0 Å². The molecule has 0 bridgehead atoms. The Balaban J connectivity index is 0. The molecule has 0 rings (SSSR count). The zero-order valence-electron chi connectivity index (χ0n) is 6.15. The van der Waals surface area contributed by atoms with Gasteiger partial charge in [0, 0.05) is 17.1 Å². The first kappa shape index (κ1) is 13.2. The van der Waals surface area contributed by atoms with Crippen LogP contribution in [-0.4, -0.2) is 6.61 Å². The van der Waals surface area contributed by atoms with E-state index in [0.717, 1.165) is 6.42 Å². The van der Waals surface area contributed by atoms with Crippen LogP contribution in [0.25, 0.3) is 0 Å². The standard InChI is InChI=1S/C6H13O2P.Fe/c1-2-3-4-5-6-8-9-7;/h2-6H2,1H3;. The Morgan fingerprint density at radius 3 is 2.50 bits per heavy atom. The summed E-state index contributed by atoms with van der Waals surface area (Å²) in [5.41, 5.74) is 0. The number of unbranched alkanes of at least 4 members (excludes halogenated alkanes) is 3. The Bertz CT molecular complexity index is 70.8. The zero-order chi connectivity index (χ0) is 6.95. The molecule has 10 heavy (non-hydrogen) atoms. The molecule has 0 aliphatic rings. The van der Waals surface area contributed by atoms with Gasteiger partial charge >= 0.3 is 8.69 Å². The van der Waals surface area contributed by atoms with E-state index in [1.54, 1.807) is 0 Å². The smallest absolute Gasteiger partial charge is 0.294 e. The van der Waals surface area contributed by atoms with Gasteiger partial charge in [-0.15, -0.1) is 0 Å². The van der Waals surface area contributed by atoms with Gasteiger partial charge in [-0.25, -0.2) is 4.57 Å². The van der Waals surface area contributed by atoms with E-state index < -0.39 is 0 Å². The fourth-order valence-corrected chi connectivity index (χ4v) is 0.834. The molecule has 0 heterocycles. The quantitative estimate of drug-likeness (QED) is 0.377. The van der Waals surface area contributed by atoms with Crippen molar-refractivity contribution in [3.63, 3.8) is 0 Å². The molecule has 0 fully saturated rings. The van der Waals surface area contributed by atoms with Crippen LogP contribution in [0.1, 0.15) is 32.6 Å². The van der Waals surface area contributed by atoms with Crippen molar-refractivity contribution in [1.82, 2.24) is 0 Å². The van der Waals surface area contributed by atoms with Crippen LogP contribution in [0.2, 0.25) is 0 Å². The van der Waals surface area contributed by atoms with E-state index in [4.69, 9.17) is 0 Å². The molecule has 0 radical (unpaired) electrons. The van der Waals surface area contributed by atoms with Crippen LogP contribution in [0.15, 0.2) is 0 Å². The summed E-state index contributed by atoms with van der Waals surface area (Å²) in [5, 5.41) is 0. The maximum absolute atomic E-state index is 9.71. The molecule has 0 aromatic carbocycles. The van der Waals surface area contributed by atoms with Crippen LogP contribution in [0.3, 0.4) is 0 Å². The minimum Gasteiger partial charge on any atom is -0.294 e. The minimum absolute atomic E-state index is 0. The van der Waals surface area contributed by atoms with E-state index in [0.29, 0.717) is 6.61 Å². The molecule has 0 unspecified atom stereocenters. The van der Waals surface area contributed by atoms with Crippen LogP contribution in [0.4, 0.5) is 0 Å². The van der Waals surface area contributed by atoms with Crippen molar-refractivity contribution in [3.8, 4) is 0 Å². The van der Waals surface area contributed by atoms with Gasteiger partial charge in [0.1, 0.15) is 0 Å². The first-order chi connectivity index (χ1) is 4.41. The van der Waals surface area contributed by atoms with Crippen molar-refractivity contribution in [1.29, 1.82) is 0 Å². The Kier molecular flexibility index (Phi) is 16.2. The van der Waals surface area contributed by atoms with Gasteiger partial charge in [-0.3, -0.25) is 4.52 Å². The molecule has 0 spiro atoms. The molecule has 0 aromatic rings. The first-order valence-corrected chi connectivity index (χ1v) is 4.09. The van der Waals surface area contributed by atoms with Crippen LogP contribution < -0.4 is 0 Å². The van der Waals surface area contributed by atoms with E-state index in [9.17, 15) is 4.57 Å². The second-order valence-electron chi connectivity index (χ2n) is 1.97. The molecule has 0 saturated carbocycles. The summed E-state index contributed by atoms with van der Waals surface area (Å²) < 4.78 is 14.3. The fourth-order valence-electron chi connectivity index (χ4n) is 0.631. The van der Waals surface area contributed by atoms with Gasteiger partial charge < -0.3 is 0 Å².